The van der Waals surface area contributed by atoms with Crippen molar-refractivity contribution in [3.05, 3.63) is 35.9 Å². The molecule has 0 saturated carbocycles. The fraction of sp³-hybridized carbons (Fsp3) is 0.357. The Morgan fingerprint density at radius 3 is 2.58 bits per heavy atom. The van der Waals surface area contributed by atoms with Crippen LogP contribution in [0.1, 0.15) is 30.1 Å². The van der Waals surface area contributed by atoms with Crippen LogP contribution in [-0.4, -0.2) is 24.4 Å². The maximum absolute atomic E-state index is 12.0. The summed E-state index contributed by atoms with van der Waals surface area (Å²) in [7, 11) is 0. The van der Waals surface area contributed by atoms with Crippen molar-refractivity contribution in [1.29, 1.82) is 5.26 Å². The molecule has 0 aliphatic carbocycles. The number of nitriles is 1. The molecule has 0 heterocycles. The van der Waals surface area contributed by atoms with Crippen molar-refractivity contribution >= 4 is 11.8 Å². The number of carbonyl (C=O) groups excluding carboxylic acids is 2. The first-order chi connectivity index (χ1) is 9.19. The molecule has 5 nitrogen and oxygen atoms in total. The molecule has 0 aliphatic heterocycles. The largest absolute Gasteiger partial charge is 0.341 e. The van der Waals surface area contributed by atoms with Crippen molar-refractivity contribution < 1.29 is 9.59 Å². The Labute approximate surface area is 112 Å². The molecule has 1 atom stereocenters. The minimum Gasteiger partial charge on any atom is -0.341 e. The molecule has 0 aliphatic rings. The summed E-state index contributed by atoms with van der Waals surface area (Å²) in [4.78, 5) is 23.7. The minimum absolute atomic E-state index is 0.0553. The summed E-state index contributed by atoms with van der Waals surface area (Å²) in [6.45, 7) is 1.87. The van der Waals surface area contributed by atoms with Crippen LogP contribution in [0.2, 0.25) is 0 Å². The van der Waals surface area contributed by atoms with Crippen LogP contribution in [0.5, 0.6) is 0 Å². The second kappa shape index (κ2) is 7.88. The first kappa shape index (κ1) is 14.7. The molecule has 1 aromatic carbocycles. The van der Waals surface area contributed by atoms with E-state index in [9.17, 15) is 9.59 Å². The number of nitrogens with zero attached hydrogens (tertiary/aromatic N) is 1. The van der Waals surface area contributed by atoms with E-state index in [1.165, 1.54) is 0 Å². The van der Waals surface area contributed by atoms with Gasteiger partial charge in [-0.3, -0.25) is 9.59 Å². The lowest BCUT2D eigenvalue weighted by atomic mass is 10.1. The molecule has 19 heavy (non-hydrogen) atoms. The molecule has 0 unspecified atom stereocenters. The summed E-state index contributed by atoms with van der Waals surface area (Å²) in [6, 6.07) is 9.95. The van der Waals surface area contributed by atoms with Gasteiger partial charge in [-0.05, 0) is 18.6 Å². The zero-order valence-corrected chi connectivity index (χ0v) is 10.8. The van der Waals surface area contributed by atoms with Gasteiger partial charge in [0, 0.05) is 5.56 Å². The zero-order valence-electron chi connectivity index (χ0n) is 10.8. The highest BCUT2D eigenvalue weighted by atomic mass is 16.2. The van der Waals surface area contributed by atoms with Crippen molar-refractivity contribution in [1.82, 2.24) is 10.6 Å². The maximum Gasteiger partial charge on any atom is 0.251 e. The predicted molar refractivity (Wildman–Crippen MR) is 71.2 cm³/mol. The third-order valence-corrected chi connectivity index (χ3v) is 2.58. The van der Waals surface area contributed by atoms with Crippen LogP contribution in [0, 0.1) is 11.3 Å². The highest BCUT2D eigenvalue weighted by Gasteiger charge is 2.19. The normalized spacial score (nSPS) is 11.2. The van der Waals surface area contributed by atoms with Gasteiger partial charge in [-0.1, -0.05) is 31.5 Å². The molecule has 5 heteroatoms. The Hall–Kier alpha value is -2.35. The van der Waals surface area contributed by atoms with Crippen molar-refractivity contribution in [3.8, 4) is 6.07 Å². The molecule has 2 N–H and O–H groups in total. The predicted octanol–water partition coefficient (Wildman–Crippen LogP) is 1.22. The molecule has 0 fully saturated rings. The number of benzene rings is 1. The van der Waals surface area contributed by atoms with Gasteiger partial charge < -0.3 is 10.6 Å². The first-order valence-corrected chi connectivity index (χ1v) is 6.19. The molecular formula is C14H17N3O2. The third-order valence-electron chi connectivity index (χ3n) is 2.58. The van der Waals surface area contributed by atoms with E-state index in [0.717, 1.165) is 6.42 Å². The lowest BCUT2D eigenvalue weighted by Crippen LogP contribution is -2.46. The van der Waals surface area contributed by atoms with E-state index < -0.39 is 6.04 Å². The smallest absolute Gasteiger partial charge is 0.251 e. The summed E-state index contributed by atoms with van der Waals surface area (Å²) >= 11 is 0. The van der Waals surface area contributed by atoms with Crippen molar-refractivity contribution in [2.45, 2.75) is 25.8 Å². The van der Waals surface area contributed by atoms with Gasteiger partial charge in [-0.15, -0.1) is 0 Å². The van der Waals surface area contributed by atoms with Crippen LogP contribution in [0.25, 0.3) is 0 Å². The molecule has 1 aromatic rings. The summed E-state index contributed by atoms with van der Waals surface area (Å²) in [6.07, 6.45) is 1.30. The molecule has 0 radical (unpaired) electrons. The van der Waals surface area contributed by atoms with Gasteiger partial charge in [0.25, 0.3) is 5.91 Å². The Balaban J connectivity index is 2.65. The number of carbonyl (C=O) groups is 2. The molecule has 0 aromatic heterocycles. The van der Waals surface area contributed by atoms with Crippen molar-refractivity contribution in [2.24, 2.45) is 0 Å². The van der Waals surface area contributed by atoms with E-state index in [1.807, 2.05) is 19.1 Å². The monoisotopic (exact) mass is 259 g/mol. The van der Waals surface area contributed by atoms with Crippen LogP contribution in [0.15, 0.2) is 30.3 Å². The Morgan fingerprint density at radius 1 is 1.32 bits per heavy atom. The number of nitrogens with one attached hydrogen (secondary N) is 2. The van der Waals surface area contributed by atoms with Crippen molar-refractivity contribution in [2.75, 3.05) is 6.54 Å². The zero-order chi connectivity index (χ0) is 14.1. The average molecular weight is 259 g/mol. The second-order valence-electron chi connectivity index (χ2n) is 4.06. The van der Waals surface area contributed by atoms with Crippen LogP contribution in [0.3, 0.4) is 0 Å². The van der Waals surface area contributed by atoms with E-state index >= 15 is 0 Å². The molecule has 0 saturated heterocycles. The first-order valence-electron chi connectivity index (χ1n) is 6.19. The minimum atomic E-state index is -0.606. The SMILES string of the molecule is CCC[C@H](NC(=O)c1ccccc1)C(=O)NCC#N. The van der Waals surface area contributed by atoms with Crippen LogP contribution in [0.4, 0.5) is 0 Å². The van der Waals surface area contributed by atoms with Gasteiger partial charge in [0.05, 0.1) is 6.07 Å². The Bertz CT molecular complexity index is 465. The molecule has 2 amide bonds. The van der Waals surface area contributed by atoms with E-state index in [0.29, 0.717) is 12.0 Å². The molecule has 0 spiro atoms. The summed E-state index contributed by atoms with van der Waals surface area (Å²) in [5.74, 6) is -0.612. The molecular weight excluding hydrogens is 242 g/mol. The molecule has 0 bridgehead atoms. The number of rotatable bonds is 6. The van der Waals surface area contributed by atoms with E-state index in [1.54, 1.807) is 24.3 Å². The van der Waals surface area contributed by atoms with E-state index in [2.05, 4.69) is 10.6 Å². The van der Waals surface area contributed by atoms with Crippen LogP contribution in [-0.2, 0) is 4.79 Å². The summed E-state index contributed by atoms with van der Waals surface area (Å²) < 4.78 is 0. The van der Waals surface area contributed by atoms with Gasteiger partial charge in [0.1, 0.15) is 12.6 Å². The second-order valence-corrected chi connectivity index (χ2v) is 4.06. The third kappa shape index (κ3) is 4.80. The maximum atomic E-state index is 12.0. The number of hydrogen-bond donors (Lipinski definition) is 2. The Kier molecular flexibility index (Phi) is 6.10. The van der Waals surface area contributed by atoms with Crippen LogP contribution >= 0.6 is 0 Å². The van der Waals surface area contributed by atoms with Gasteiger partial charge in [0.2, 0.25) is 5.91 Å². The van der Waals surface area contributed by atoms with E-state index in [4.69, 9.17) is 5.26 Å². The van der Waals surface area contributed by atoms with Gasteiger partial charge in [-0.2, -0.15) is 5.26 Å². The Morgan fingerprint density at radius 2 is 2.00 bits per heavy atom. The van der Waals surface area contributed by atoms with Crippen LogP contribution < -0.4 is 10.6 Å². The highest BCUT2D eigenvalue weighted by molar-refractivity contribution is 5.97. The number of hydrogen-bond acceptors (Lipinski definition) is 3. The topological polar surface area (TPSA) is 82.0 Å². The average Bonchev–Trinajstić information content (AvgIpc) is 2.45. The summed E-state index contributed by atoms with van der Waals surface area (Å²) in [5.41, 5.74) is 0.511. The quantitative estimate of drug-likeness (QED) is 0.754. The van der Waals surface area contributed by atoms with E-state index in [-0.39, 0.29) is 18.4 Å². The highest BCUT2D eigenvalue weighted by Crippen LogP contribution is 2.02. The van der Waals surface area contributed by atoms with Crippen molar-refractivity contribution in [3.63, 3.8) is 0 Å². The van der Waals surface area contributed by atoms with Gasteiger partial charge >= 0.3 is 0 Å². The number of amides is 2. The standard InChI is InChI=1S/C14H17N3O2/c1-2-6-12(14(19)16-10-9-15)17-13(18)11-7-4-3-5-8-11/h3-5,7-8,12H,2,6,10H2,1H3,(H,16,19)(H,17,18)/t12-/m0/s1. The lowest BCUT2D eigenvalue weighted by Gasteiger charge is -2.16. The summed E-state index contributed by atoms with van der Waals surface area (Å²) in [5, 5.41) is 13.6. The fourth-order valence-electron chi connectivity index (χ4n) is 1.64. The molecule has 1 rings (SSSR count). The lowest BCUT2D eigenvalue weighted by molar-refractivity contribution is -0.122. The van der Waals surface area contributed by atoms with Gasteiger partial charge in [-0.25, -0.2) is 0 Å². The fourth-order valence-corrected chi connectivity index (χ4v) is 1.64. The van der Waals surface area contributed by atoms with Gasteiger partial charge in [0.15, 0.2) is 0 Å². The molecule has 100 valence electrons.